The van der Waals surface area contributed by atoms with Gasteiger partial charge in [-0.1, -0.05) is 42.1 Å². The van der Waals surface area contributed by atoms with Gasteiger partial charge in [-0.25, -0.2) is 4.98 Å². The maximum absolute atomic E-state index is 12.1. The minimum Gasteiger partial charge on any atom is -0.486 e. The monoisotopic (exact) mass is 368 g/mol. The Morgan fingerprint density at radius 1 is 1.19 bits per heavy atom. The minimum absolute atomic E-state index is 0.0911. The van der Waals surface area contributed by atoms with Gasteiger partial charge in [-0.05, 0) is 43.2 Å². The molecule has 2 aromatic carbocycles. The van der Waals surface area contributed by atoms with E-state index in [2.05, 4.69) is 20.5 Å². The fourth-order valence-corrected chi connectivity index (χ4v) is 2.91. The molecule has 0 aliphatic heterocycles. The molecule has 0 unspecified atom stereocenters. The molecule has 0 aliphatic carbocycles. The molecule has 1 amide bonds. The first-order valence-electron chi connectivity index (χ1n) is 8.19. The van der Waals surface area contributed by atoms with Crippen molar-refractivity contribution in [1.82, 2.24) is 15.2 Å². The molecule has 1 heterocycles. The van der Waals surface area contributed by atoms with E-state index in [1.165, 1.54) is 11.8 Å². The summed E-state index contributed by atoms with van der Waals surface area (Å²) in [5.74, 6) is 1.55. The van der Waals surface area contributed by atoms with E-state index >= 15 is 0 Å². The number of hydrogen-bond donors (Lipinski definition) is 2. The highest BCUT2D eigenvalue weighted by Gasteiger charge is 2.09. The second-order valence-electron chi connectivity index (χ2n) is 5.82. The molecule has 2 N–H and O–H groups in total. The normalized spacial score (nSPS) is 10.5. The molecule has 26 heavy (non-hydrogen) atoms. The number of hydrogen-bond acceptors (Lipinski definition) is 5. The number of aromatic amines is 1. The van der Waals surface area contributed by atoms with Gasteiger partial charge in [0.2, 0.25) is 11.1 Å². The van der Waals surface area contributed by atoms with Crippen LogP contribution in [-0.2, 0) is 11.4 Å². The second-order valence-corrected chi connectivity index (χ2v) is 6.76. The van der Waals surface area contributed by atoms with E-state index in [4.69, 9.17) is 4.74 Å². The standard InChI is InChI=1S/C19H20N4O2S/c1-13-6-5-8-15(10-13)25-11-17-21-19(23-22-17)26-12-18(24)20-16-9-4-3-7-14(16)2/h3-10H,11-12H2,1-2H3,(H,20,24)(H,21,22,23). The molecule has 0 atom stereocenters. The first-order chi connectivity index (χ1) is 12.6. The van der Waals surface area contributed by atoms with Crippen LogP contribution in [0, 0.1) is 13.8 Å². The SMILES string of the molecule is Cc1cccc(OCc2nc(SCC(=O)Nc3ccccc3C)n[nH]2)c1. The lowest BCUT2D eigenvalue weighted by molar-refractivity contribution is -0.113. The molecule has 0 aliphatic rings. The largest absolute Gasteiger partial charge is 0.486 e. The highest BCUT2D eigenvalue weighted by molar-refractivity contribution is 7.99. The van der Waals surface area contributed by atoms with Crippen LogP contribution in [0.15, 0.2) is 53.7 Å². The van der Waals surface area contributed by atoms with E-state index in [-0.39, 0.29) is 11.7 Å². The molecule has 0 saturated carbocycles. The van der Waals surface area contributed by atoms with E-state index in [1.54, 1.807) is 0 Å². The quantitative estimate of drug-likeness (QED) is 0.621. The van der Waals surface area contributed by atoms with Gasteiger partial charge in [0, 0.05) is 5.69 Å². The number of rotatable bonds is 7. The summed E-state index contributed by atoms with van der Waals surface area (Å²) in [5, 5.41) is 10.4. The van der Waals surface area contributed by atoms with Crippen LogP contribution in [0.3, 0.4) is 0 Å². The van der Waals surface area contributed by atoms with Crippen LogP contribution in [-0.4, -0.2) is 26.8 Å². The lowest BCUT2D eigenvalue weighted by atomic mass is 10.2. The Labute approximate surface area is 156 Å². The van der Waals surface area contributed by atoms with Crippen molar-refractivity contribution < 1.29 is 9.53 Å². The highest BCUT2D eigenvalue weighted by atomic mass is 32.2. The van der Waals surface area contributed by atoms with Crippen LogP contribution >= 0.6 is 11.8 Å². The number of H-pyrrole nitrogens is 1. The topological polar surface area (TPSA) is 79.9 Å². The average molecular weight is 368 g/mol. The number of anilines is 1. The fourth-order valence-electron chi connectivity index (χ4n) is 2.29. The van der Waals surface area contributed by atoms with Crippen LogP contribution in [0.1, 0.15) is 17.0 Å². The smallest absolute Gasteiger partial charge is 0.234 e. The summed E-state index contributed by atoms with van der Waals surface area (Å²) in [6.45, 7) is 4.27. The molecule has 3 rings (SSSR count). The van der Waals surface area contributed by atoms with Gasteiger partial charge in [0.25, 0.3) is 0 Å². The number of carbonyl (C=O) groups excluding carboxylic acids is 1. The van der Waals surface area contributed by atoms with Crippen molar-refractivity contribution in [2.45, 2.75) is 25.6 Å². The van der Waals surface area contributed by atoms with Crippen LogP contribution in [0.5, 0.6) is 5.75 Å². The Morgan fingerprint density at radius 2 is 2.04 bits per heavy atom. The number of nitrogens with zero attached hydrogens (tertiary/aromatic N) is 2. The van der Waals surface area contributed by atoms with Gasteiger partial charge in [-0.15, -0.1) is 5.10 Å². The van der Waals surface area contributed by atoms with Crippen molar-refractivity contribution in [2.24, 2.45) is 0 Å². The van der Waals surface area contributed by atoms with Gasteiger partial charge in [-0.2, -0.15) is 0 Å². The number of benzene rings is 2. The summed E-state index contributed by atoms with van der Waals surface area (Å²) in [6.07, 6.45) is 0. The van der Waals surface area contributed by atoms with Gasteiger partial charge in [0.05, 0.1) is 5.75 Å². The van der Waals surface area contributed by atoms with Gasteiger partial charge < -0.3 is 10.1 Å². The van der Waals surface area contributed by atoms with Crippen LogP contribution in [0.4, 0.5) is 5.69 Å². The number of aromatic nitrogens is 3. The fraction of sp³-hybridized carbons (Fsp3) is 0.211. The Bertz CT molecular complexity index is 895. The third-order valence-electron chi connectivity index (χ3n) is 3.63. The molecule has 6 nitrogen and oxygen atoms in total. The van der Waals surface area contributed by atoms with E-state index in [0.717, 1.165) is 22.6 Å². The Morgan fingerprint density at radius 3 is 2.85 bits per heavy atom. The molecule has 1 aromatic heterocycles. The molecule has 0 radical (unpaired) electrons. The zero-order valence-electron chi connectivity index (χ0n) is 14.7. The maximum atomic E-state index is 12.1. The zero-order valence-corrected chi connectivity index (χ0v) is 15.5. The van der Waals surface area contributed by atoms with Crippen molar-refractivity contribution in [2.75, 3.05) is 11.1 Å². The summed E-state index contributed by atoms with van der Waals surface area (Å²) in [4.78, 5) is 16.4. The van der Waals surface area contributed by atoms with Crippen LogP contribution in [0.2, 0.25) is 0 Å². The lowest BCUT2D eigenvalue weighted by Crippen LogP contribution is -2.14. The minimum atomic E-state index is -0.0911. The number of carbonyl (C=O) groups is 1. The lowest BCUT2D eigenvalue weighted by Gasteiger charge is -2.06. The molecular formula is C19H20N4O2S. The van der Waals surface area contributed by atoms with Crippen LogP contribution < -0.4 is 10.1 Å². The Balaban J connectivity index is 1.47. The number of para-hydroxylation sites is 1. The Hall–Kier alpha value is -2.80. The van der Waals surface area contributed by atoms with Crippen molar-refractivity contribution in [1.29, 1.82) is 0 Å². The van der Waals surface area contributed by atoms with Crippen molar-refractivity contribution in [3.63, 3.8) is 0 Å². The predicted octanol–water partition coefficient (Wildman–Crippen LogP) is 3.73. The molecule has 0 fully saturated rings. The summed E-state index contributed by atoms with van der Waals surface area (Å²) >= 11 is 1.28. The molecule has 134 valence electrons. The molecule has 7 heteroatoms. The average Bonchev–Trinajstić information content (AvgIpc) is 3.08. The number of nitrogens with one attached hydrogen (secondary N) is 2. The van der Waals surface area contributed by atoms with Gasteiger partial charge >= 0.3 is 0 Å². The Kier molecular flexibility index (Phi) is 5.91. The number of ether oxygens (including phenoxy) is 1. The van der Waals surface area contributed by atoms with E-state index in [9.17, 15) is 4.79 Å². The second kappa shape index (κ2) is 8.53. The summed E-state index contributed by atoms with van der Waals surface area (Å²) in [7, 11) is 0. The summed E-state index contributed by atoms with van der Waals surface area (Å²) in [5.41, 5.74) is 2.98. The summed E-state index contributed by atoms with van der Waals surface area (Å²) < 4.78 is 5.68. The highest BCUT2D eigenvalue weighted by Crippen LogP contribution is 2.17. The van der Waals surface area contributed by atoms with Crippen molar-refractivity contribution in [3.05, 3.63) is 65.5 Å². The third kappa shape index (κ3) is 5.10. The van der Waals surface area contributed by atoms with Gasteiger partial charge in [0.15, 0.2) is 5.82 Å². The maximum Gasteiger partial charge on any atom is 0.234 e. The molecule has 3 aromatic rings. The predicted molar refractivity (Wildman–Crippen MR) is 102 cm³/mol. The van der Waals surface area contributed by atoms with Crippen molar-refractivity contribution in [3.8, 4) is 5.75 Å². The molecule has 0 saturated heterocycles. The zero-order chi connectivity index (χ0) is 18.4. The number of thioether (sulfide) groups is 1. The van der Waals surface area contributed by atoms with E-state index in [0.29, 0.717) is 17.6 Å². The van der Waals surface area contributed by atoms with E-state index < -0.39 is 0 Å². The number of aryl methyl sites for hydroxylation is 2. The molecular weight excluding hydrogens is 348 g/mol. The van der Waals surface area contributed by atoms with Gasteiger partial charge in [-0.3, -0.25) is 9.89 Å². The molecule has 0 bridgehead atoms. The number of amides is 1. The van der Waals surface area contributed by atoms with E-state index in [1.807, 2.05) is 62.4 Å². The third-order valence-corrected chi connectivity index (χ3v) is 4.48. The van der Waals surface area contributed by atoms with Gasteiger partial charge in [0.1, 0.15) is 12.4 Å². The van der Waals surface area contributed by atoms with Crippen LogP contribution in [0.25, 0.3) is 0 Å². The first kappa shape index (κ1) is 18.0. The summed E-state index contributed by atoms with van der Waals surface area (Å²) in [6, 6.07) is 15.5. The first-order valence-corrected chi connectivity index (χ1v) is 9.18. The van der Waals surface area contributed by atoms with Crippen molar-refractivity contribution >= 4 is 23.4 Å². The molecule has 0 spiro atoms.